The van der Waals surface area contributed by atoms with Gasteiger partial charge in [-0.3, -0.25) is 4.98 Å². The summed E-state index contributed by atoms with van der Waals surface area (Å²) in [5, 5.41) is 18.1. The summed E-state index contributed by atoms with van der Waals surface area (Å²) in [6.45, 7) is 2.01. The zero-order valence-corrected chi connectivity index (χ0v) is 19.9. The fraction of sp³-hybridized carbons (Fsp3) is 0.370. The van der Waals surface area contributed by atoms with Crippen LogP contribution in [0.5, 0.6) is 0 Å². The third-order valence-electron chi connectivity index (χ3n) is 7.53. The van der Waals surface area contributed by atoms with Crippen LogP contribution in [-0.2, 0) is 0 Å². The Morgan fingerprint density at radius 2 is 1.83 bits per heavy atom. The van der Waals surface area contributed by atoms with Crippen LogP contribution in [0.15, 0.2) is 48.9 Å². The predicted octanol–water partition coefficient (Wildman–Crippen LogP) is 4.89. The van der Waals surface area contributed by atoms with Gasteiger partial charge in [0.25, 0.3) is 0 Å². The van der Waals surface area contributed by atoms with Crippen LogP contribution in [0, 0.1) is 17.6 Å². The highest BCUT2D eigenvalue weighted by molar-refractivity contribution is 5.66. The second kappa shape index (κ2) is 8.90. The van der Waals surface area contributed by atoms with E-state index in [9.17, 15) is 13.9 Å². The maximum absolute atomic E-state index is 15.0. The van der Waals surface area contributed by atoms with E-state index in [-0.39, 0.29) is 35.1 Å². The lowest BCUT2D eigenvalue weighted by Gasteiger charge is -2.36. The van der Waals surface area contributed by atoms with Crippen LogP contribution < -0.4 is 11.1 Å². The number of rotatable bonds is 5. The average Bonchev–Trinajstić information content (AvgIpc) is 3.64. The molecule has 2 aliphatic rings. The van der Waals surface area contributed by atoms with Gasteiger partial charge < -0.3 is 16.2 Å². The minimum absolute atomic E-state index is 0.0762. The fourth-order valence-corrected chi connectivity index (χ4v) is 5.41. The van der Waals surface area contributed by atoms with Crippen LogP contribution >= 0.6 is 0 Å². The van der Waals surface area contributed by atoms with Crippen molar-refractivity contribution in [2.75, 3.05) is 5.32 Å². The average molecular weight is 491 g/mol. The van der Waals surface area contributed by atoms with Crippen molar-refractivity contribution in [3.05, 3.63) is 71.7 Å². The van der Waals surface area contributed by atoms with Gasteiger partial charge in [-0.15, -0.1) is 0 Å². The number of halogens is 2. The molecule has 0 aliphatic heterocycles. The zero-order valence-electron chi connectivity index (χ0n) is 19.9. The number of hydrogen-bond donors (Lipinski definition) is 3. The van der Waals surface area contributed by atoms with Crippen LogP contribution in [-0.4, -0.2) is 36.8 Å². The molecule has 0 unspecified atom stereocenters. The monoisotopic (exact) mass is 490 g/mol. The molecule has 4 N–H and O–H groups in total. The van der Waals surface area contributed by atoms with Crippen molar-refractivity contribution in [3.63, 3.8) is 0 Å². The summed E-state index contributed by atoms with van der Waals surface area (Å²) in [4.78, 5) is 8.72. The Balaban J connectivity index is 1.34. The summed E-state index contributed by atoms with van der Waals surface area (Å²) in [5.74, 6) is -0.346. The lowest BCUT2D eigenvalue weighted by molar-refractivity contribution is 0.0521. The molecule has 2 aliphatic carbocycles. The van der Waals surface area contributed by atoms with Crippen LogP contribution in [0.25, 0.3) is 16.8 Å². The largest absolute Gasteiger partial charge is 0.391 e. The second-order valence-corrected chi connectivity index (χ2v) is 10.2. The lowest BCUT2D eigenvalue weighted by Crippen LogP contribution is -2.44. The number of fused-ring (bicyclic) bond motifs is 1. The van der Waals surface area contributed by atoms with Gasteiger partial charge in [-0.05, 0) is 84.9 Å². The fourth-order valence-electron chi connectivity index (χ4n) is 5.41. The molecular weight excluding hydrogens is 462 g/mol. The van der Waals surface area contributed by atoms with Gasteiger partial charge in [0.15, 0.2) is 0 Å². The molecule has 1 aromatic carbocycles. The molecule has 4 atom stereocenters. The molecule has 4 aromatic rings. The number of hydrogen-bond acceptors (Lipinski definition) is 6. The molecule has 0 saturated heterocycles. The first-order chi connectivity index (χ1) is 17.4. The Morgan fingerprint density at radius 3 is 2.56 bits per heavy atom. The molecule has 0 bridgehead atoms. The van der Waals surface area contributed by atoms with Gasteiger partial charge in [0.05, 0.1) is 41.0 Å². The highest BCUT2D eigenvalue weighted by atomic mass is 19.1. The number of benzene rings is 1. The summed E-state index contributed by atoms with van der Waals surface area (Å²) in [5.41, 5.74) is 9.41. The number of anilines is 2. The first-order valence-electron chi connectivity index (χ1n) is 12.4. The molecule has 3 heterocycles. The number of nitrogens with zero attached hydrogens (tertiary/aromatic N) is 4. The van der Waals surface area contributed by atoms with Crippen molar-refractivity contribution < 1.29 is 13.9 Å². The number of nitrogens with one attached hydrogen (secondary N) is 1. The summed E-state index contributed by atoms with van der Waals surface area (Å²) in [7, 11) is 0. The zero-order chi connectivity index (χ0) is 25.0. The quantitative estimate of drug-likeness (QED) is 0.368. The van der Waals surface area contributed by atoms with Gasteiger partial charge in [0.1, 0.15) is 11.6 Å². The van der Waals surface area contributed by atoms with Gasteiger partial charge >= 0.3 is 0 Å². The Bertz CT molecular complexity index is 1400. The molecule has 9 heteroatoms. The molecule has 186 valence electrons. The van der Waals surface area contributed by atoms with Gasteiger partial charge in [0.2, 0.25) is 5.95 Å². The molecule has 0 radical (unpaired) electrons. The molecule has 2 saturated carbocycles. The maximum atomic E-state index is 15.0. The topological polar surface area (TPSA) is 101 Å². The Labute approximate surface area is 207 Å². The smallest absolute Gasteiger partial charge is 0.229 e. The van der Waals surface area contributed by atoms with E-state index >= 15 is 0 Å². The minimum Gasteiger partial charge on any atom is -0.391 e. The molecule has 3 aromatic heterocycles. The molecule has 0 spiro atoms. The SMILES string of the molecule is C[C@H]1C[C@@H](c2ccncc2Nc2ncc3ccc(-c4c(F)cc(C5CC5)cc4F)nn23)C[C@@H](N)[C@H]1O. The molecule has 0 amide bonds. The molecule has 2 fully saturated rings. The minimum atomic E-state index is -0.613. The first-order valence-corrected chi connectivity index (χ1v) is 12.4. The molecule has 7 nitrogen and oxygen atoms in total. The van der Waals surface area contributed by atoms with Crippen molar-refractivity contribution in [2.24, 2.45) is 11.7 Å². The van der Waals surface area contributed by atoms with Gasteiger partial charge in [-0.25, -0.2) is 13.8 Å². The normalized spacial score (nSPS) is 24.2. The number of aliphatic hydroxyl groups is 1. The summed E-state index contributed by atoms with van der Waals surface area (Å²) in [6.07, 6.45) is 7.98. The van der Waals surface area contributed by atoms with Crippen molar-refractivity contribution in [2.45, 2.75) is 56.6 Å². The Kier molecular flexibility index (Phi) is 5.69. The second-order valence-electron chi connectivity index (χ2n) is 10.2. The van der Waals surface area contributed by atoms with Crippen molar-refractivity contribution in [1.82, 2.24) is 19.6 Å². The summed E-state index contributed by atoms with van der Waals surface area (Å²) >= 11 is 0. The Morgan fingerprint density at radius 1 is 1.06 bits per heavy atom. The van der Waals surface area contributed by atoms with E-state index in [1.54, 1.807) is 35.2 Å². The van der Waals surface area contributed by atoms with Crippen molar-refractivity contribution in [1.29, 1.82) is 0 Å². The van der Waals surface area contributed by atoms with Crippen molar-refractivity contribution in [3.8, 4) is 11.3 Å². The molecule has 6 rings (SSSR count). The standard InChI is InChI=1S/C27H28F2N6O/c1-14-8-17(11-22(30)26(14)36)19-6-7-31-13-24(19)33-27-32-12-18-4-5-23(34-35(18)27)25-20(28)9-16(10-21(25)29)15-2-3-15/h4-7,9-10,12-15,17,22,26,36H,2-3,8,11,30H2,1H3,(H,32,33)/t14-,17+,22+,26-/m0/s1. The number of pyridine rings is 1. The molecule has 36 heavy (non-hydrogen) atoms. The predicted molar refractivity (Wildman–Crippen MR) is 133 cm³/mol. The molecular formula is C27H28F2N6O. The van der Waals surface area contributed by atoms with Crippen LogP contribution in [0.4, 0.5) is 20.4 Å². The van der Waals surface area contributed by atoms with E-state index in [0.29, 0.717) is 23.4 Å². The summed E-state index contributed by atoms with van der Waals surface area (Å²) < 4.78 is 31.4. The third-order valence-corrected chi connectivity index (χ3v) is 7.53. The van der Waals surface area contributed by atoms with Crippen LogP contribution in [0.1, 0.15) is 55.6 Å². The van der Waals surface area contributed by atoms with Gasteiger partial charge in [-0.2, -0.15) is 9.61 Å². The van der Waals surface area contributed by atoms with Gasteiger partial charge in [-0.1, -0.05) is 6.92 Å². The van der Waals surface area contributed by atoms with E-state index < -0.39 is 17.7 Å². The van der Waals surface area contributed by atoms with Crippen molar-refractivity contribution >= 4 is 17.2 Å². The number of aromatic nitrogens is 4. The van der Waals surface area contributed by atoms with Gasteiger partial charge in [0, 0.05) is 12.2 Å². The Hall–Kier alpha value is -3.43. The number of aliphatic hydroxyl groups excluding tert-OH is 1. The number of imidazole rings is 1. The van der Waals surface area contributed by atoms with E-state index in [0.717, 1.165) is 30.5 Å². The van der Waals surface area contributed by atoms with Crippen LogP contribution in [0.2, 0.25) is 0 Å². The van der Waals surface area contributed by atoms with Crippen LogP contribution in [0.3, 0.4) is 0 Å². The van der Waals surface area contributed by atoms with E-state index in [1.807, 2.05) is 13.0 Å². The number of nitrogens with two attached hydrogens (primary N) is 1. The lowest BCUT2D eigenvalue weighted by atomic mass is 9.74. The third kappa shape index (κ3) is 4.12. The maximum Gasteiger partial charge on any atom is 0.229 e. The van der Waals surface area contributed by atoms with E-state index in [1.165, 1.54) is 12.1 Å². The highest BCUT2D eigenvalue weighted by Crippen LogP contribution is 2.42. The first kappa shape index (κ1) is 23.0. The highest BCUT2D eigenvalue weighted by Gasteiger charge is 2.34. The summed E-state index contributed by atoms with van der Waals surface area (Å²) in [6, 6.07) is 7.83. The van der Waals surface area contributed by atoms with E-state index in [4.69, 9.17) is 5.73 Å². The van der Waals surface area contributed by atoms with E-state index in [2.05, 4.69) is 20.4 Å².